The molecule has 170 valence electrons. The van der Waals surface area contributed by atoms with Gasteiger partial charge in [0.15, 0.2) is 0 Å². The van der Waals surface area contributed by atoms with Gasteiger partial charge >= 0.3 is 0 Å². The zero-order chi connectivity index (χ0) is 23.4. The van der Waals surface area contributed by atoms with Crippen LogP contribution in [0.1, 0.15) is 12.5 Å². The topological polar surface area (TPSA) is 180 Å². The van der Waals surface area contributed by atoms with Crippen LogP contribution in [0.25, 0.3) is 0 Å². The van der Waals surface area contributed by atoms with Gasteiger partial charge in [0.2, 0.25) is 23.6 Å². The van der Waals surface area contributed by atoms with E-state index in [2.05, 4.69) is 33.9 Å². The Labute approximate surface area is 184 Å². The maximum Gasteiger partial charge on any atom is 0.243 e. The van der Waals surface area contributed by atoms with E-state index >= 15 is 0 Å². The second kappa shape index (κ2) is 13.2. The van der Waals surface area contributed by atoms with E-state index in [-0.39, 0.29) is 24.5 Å². The lowest BCUT2D eigenvalue weighted by molar-refractivity contribution is -0.130. The van der Waals surface area contributed by atoms with Crippen LogP contribution in [0, 0.1) is 0 Å². The summed E-state index contributed by atoms with van der Waals surface area (Å²) >= 11 is 4.00. The molecule has 0 radical (unpaired) electrons. The van der Waals surface area contributed by atoms with Gasteiger partial charge in [-0.25, -0.2) is 0 Å². The molecule has 0 aliphatic heterocycles. The van der Waals surface area contributed by atoms with Gasteiger partial charge in [0.25, 0.3) is 0 Å². The lowest BCUT2D eigenvalue weighted by atomic mass is 10.1. The van der Waals surface area contributed by atoms with Gasteiger partial charge in [-0.1, -0.05) is 12.1 Å². The highest BCUT2D eigenvalue weighted by Crippen LogP contribution is 2.10. The van der Waals surface area contributed by atoms with Gasteiger partial charge in [-0.05, 0) is 31.0 Å². The first-order valence-electron chi connectivity index (χ1n) is 9.40. The highest BCUT2D eigenvalue weighted by atomic mass is 32.1. The predicted octanol–water partition coefficient (Wildman–Crippen LogP) is -2.39. The molecule has 0 aliphatic carbocycles. The third-order valence-electron chi connectivity index (χ3n) is 4.00. The van der Waals surface area contributed by atoms with Crippen LogP contribution >= 0.6 is 12.6 Å². The minimum Gasteiger partial charge on any atom is -0.508 e. The third kappa shape index (κ3) is 9.96. The van der Waals surface area contributed by atoms with Crippen molar-refractivity contribution in [2.24, 2.45) is 5.73 Å². The number of nitrogens with two attached hydrogens (primary N) is 1. The van der Waals surface area contributed by atoms with E-state index < -0.39 is 48.3 Å². The van der Waals surface area contributed by atoms with Crippen molar-refractivity contribution in [1.29, 1.82) is 0 Å². The van der Waals surface area contributed by atoms with Crippen LogP contribution in [0.4, 0.5) is 0 Å². The molecule has 3 atom stereocenters. The Balaban J connectivity index is 2.45. The van der Waals surface area contributed by atoms with E-state index in [0.29, 0.717) is 6.29 Å². The van der Waals surface area contributed by atoms with Crippen molar-refractivity contribution in [2.45, 2.75) is 31.5 Å². The maximum atomic E-state index is 12.2. The monoisotopic (exact) mass is 453 g/mol. The Morgan fingerprint density at radius 1 is 1.03 bits per heavy atom. The van der Waals surface area contributed by atoms with Crippen molar-refractivity contribution in [3.63, 3.8) is 0 Å². The summed E-state index contributed by atoms with van der Waals surface area (Å²) in [5, 5.41) is 18.8. The summed E-state index contributed by atoms with van der Waals surface area (Å²) in [6, 6.07) is 3.55. The van der Waals surface area contributed by atoms with Gasteiger partial charge in [-0.15, -0.1) is 0 Å². The normalized spacial score (nSPS) is 13.3. The summed E-state index contributed by atoms with van der Waals surface area (Å²) in [6.45, 7) is 0.680. The van der Waals surface area contributed by atoms with Crippen LogP contribution in [-0.2, 0) is 30.4 Å². The average molecular weight is 454 g/mol. The van der Waals surface area contributed by atoms with E-state index in [9.17, 15) is 29.1 Å². The first kappa shape index (κ1) is 25.9. The zero-order valence-electron chi connectivity index (χ0n) is 17.0. The predicted molar refractivity (Wildman–Crippen MR) is 115 cm³/mol. The van der Waals surface area contributed by atoms with Gasteiger partial charge in [0, 0.05) is 5.75 Å². The first-order valence-corrected chi connectivity index (χ1v) is 10.0. The highest BCUT2D eigenvalue weighted by Gasteiger charge is 2.21. The number of carbonyl (C=O) groups excluding carboxylic acids is 5. The minimum atomic E-state index is -1.03. The molecule has 0 aromatic heterocycles. The molecule has 4 amide bonds. The van der Waals surface area contributed by atoms with Crippen LogP contribution in [-0.4, -0.2) is 72.0 Å². The fourth-order valence-electron chi connectivity index (χ4n) is 2.34. The second-order valence-electron chi connectivity index (χ2n) is 6.71. The molecule has 0 aliphatic rings. The second-order valence-corrected chi connectivity index (χ2v) is 7.07. The standard InChI is InChI=1S/C19H27N5O6S/c1-11(20)18(29)21-8-17(28)24-15(10-31)19(30)22-7-16(27)23-13(9-25)6-12-2-4-14(26)5-3-12/h2-5,9,11,13,15,26,31H,6-8,10,20H2,1H3,(H,21,29)(H,22,30)(H,23,27)(H,24,28)/t11-,13-,15-/m0/s1. The molecule has 0 fully saturated rings. The molecule has 0 unspecified atom stereocenters. The number of aldehydes is 1. The van der Waals surface area contributed by atoms with E-state index in [1.54, 1.807) is 12.1 Å². The summed E-state index contributed by atoms with van der Waals surface area (Å²) in [4.78, 5) is 58.7. The number of hydrogen-bond donors (Lipinski definition) is 7. The van der Waals surface area contributed by atoms with Gasteiger partial charge in [-0.2, -0.15) is 12.6 Å². The van der Waals surface area contributed by atoms with Crippen LogP contribution in [0.2, 0.25) is 0 Å². The molecule has 0 saturated heterocycles. The number of aromatic hydroxyl groups is 1. The number of thiol groups is 1. The Kier molecular flexibility index (Phi) is 11.1. The van der Waals surface area contributed by atoms with E-state index in [4.69, 9.17) is 5.73 Å². The number of nitrogens with one attached hydrogen (secondary N) is 4. The fourth-order valence-corrected chi connectivity index (χ4v) is 2.59. The van der Waals surface area contributed by atoms with Crippen molar-refractivity contribution in [1.82, 2.24) is 21.3 Å². The number of rotatable bonds is 12. The van der Waals surface area contributed by atoms with Crippen molar-refractivity contribution in [3.8, 4) is 5.75 Å². The van der Waals surface area contributed by atoms with Crippen LogP contribution in [0.3, 0.4) is 0 Å². The number of hydrogen-bond acceptors (Lipinski definition) is 8. The number of amides is 4. The molecule has 11 nitrogen and oxygen atoms in total. The van der Waals surface area contributed by atoms with Gasteiger partial charge in [0.05, 0.1) is 25.2 Å². The number of phenolic OH excluding ortho intramolecular Hbond substituents is 1. The molecule has 1 aromatic carbocycles. The average Bonchev–Trinajstić information content (AvgIpc) is 2.74. The molecule has 0 saturated carbocycles. The third-order valence-corrected chi connectivity index (χ3v) is 4.36. The highest BCUT2D eigenvalue weighted by molar-refractivity contribution is 7.80. The lowest BCUT2D eigenvalue weighted by Crippen LogP contribution is -2.53. The number of phenols is 1. The van der Waals surface area contributed by atoms with E-state index in [1.807, 2.05) is 0 Å². The molecule has 0 heterocycles. The smallest absolute Gasteiger partial charge is 0.243 e. The molecule has 1 aromatic rings. The maximum absolute atomic E-state index is 12.2. The number of carbonyl (C=O) groups is 5. The van der Waals surface area contributed by atoms with Crippen molar-refractivity contribution >= 4 is 42.5 Å². The van der Waals surface area contributed by atoms with Gasteiger partial charge < -0.3 is 36.9 Å². The summed E-state index contributed by atoms with van der Waals surface area (Å²) in [5.41, 5.74) is 6.10. The molecular formula is C19H27N5O6S. The Morgan fingerprint density at radius 3 is 2.10 bits per heavy atom. The van der Waals surface area contributed by atoms with Gasteiger partial charge in [0.1, 0.15) is 18.1 Å². The first-order chi connectivity index (χ1) is 14.7. The SMILES string of the molecule is C[C@H](N)C(=O)NCC(=O)N[C@@H](CS)C(=O)NCC(=O)N[C@H](C=O)Cc1ccc(O)cc1. The molecule has 12 heteroatoms. The number of benzene rings is 1. The lowest BCUT2D eigenvalue weighted by Gasteiger charge is -2.18. The molecular weight excluding hydrogens is 426 g/mol. The largest absolute Gasteiger partial charge is 0.508 e. The molecule has 0 bridgehead atoms. The Hall–Kier alpha value is -3.12. The fraction of sp³-hybridized carbons (Fsp3) is 0.421. The van der Waals surface area contributed by atoms with Crippen molar-refractivity contribution in [3.05, 3.63) is 29.8 Å². The Morgan fingerprint density at radius 2 is 1.58 bits per heavy atom. The summed E-state index contributed by atoms with van der Waals surface area (Å²) in [7, 11) is 0. The van der Waals surface area contributed by atoms with Crippen molar-refractivity contribution < 1.29 is 29.1 Å². The van der Waals surface area contributed by atoms with Crippen LogP contribution in [0.5, 0.6) is 5.75 Å². The summed E-state index contributed by atoms with van der Waals surface area (Å²) in [5.74, 6) is -2.35. The molecule has 7 N–H and O–H groups in total. The summed E-state index contributed by atoms with van der Waals surface area (Å²) < 4.78 is 0. The molecule has 1 rings (SSSR count). The van der Waals surface area contributed by atoms with Crippen LogP contribution in [0.15, 0.2) is 24.3 Å². The van der Waals surface area contributed by atoms with E-state index in [0.717, 1.165) is 5.56 Å². The zero-order valence-corrected chi connectivity index (χ0v) is 17.9. The summed E-state index contributed by atoms with van der Waals surface area (Å²) in [6.07, 6.45) is 0.783. The molecule has 0 spiro atoms. The Bertz CT molecular complexity index is 786. The quantitative estimate of drug-likeness (QED) is 0.136. The van der Waals surface area contributed by atoms with Crippen LogP contribution < -0.4 is 27.0 Å². The van der Waals surface area contributed by atoms with Gasteiger partial charge in [-0.3, -0.25) is 19.2 Å². The minimum absolute atomic E-state index is 0.0434. The van der Waals surface area contributed by atoms with Crippen molar-refractivity contribution in [2.75, 3.05) is 18.8 Å². The molecule has 31 heavy (non-hydrogen) atoms. The van der Waals surface area contributed by atoms with E-state index in [1.165, 1.54) is 19.1 Å².